The summed E-state index contributed by atoms with van der Waals surface area (Å²) in [5.74, 6) is -2.06. The van der Waals surface area contributed by atoms with Crippen LogP contribution in [0, 0.1) is 15.9 Å². The van der Waals surface area contributed by atoms with Crippen LogP contribution in [0.1, 0.15) is 10.4 Å². The van der Waals surface area contributed by atoms with Crippen LogP contribution in [0.2, 0.25) is 5.02 Å². The second-order valence-electron chi connectivity index (χ2n) is 3.92. The fourth-order valence-electron chi connectivity index (χ4n) is 1.58. The molecule has 2 aromatic rings. The normalized spacial score (nSPS) is 10.2. The first-order valence-electron chi connectivity index (χ1n) is 5.53. The van der Waals surface area contributed by atoms with Crippen molar-refractivity contribution >= 4 is 23.3 Å². The minimum atomic E-state index is -1.21. The number of benzene rings is 2. The van der Waals surface area contributed by atoms with E-state index in [0.717, 1.165) is 18.2 Å². The first kappa shape index (κ1) is 14.7. The molecule has 0 aliphatic carbocycles. The highest BCUT2D eigenvalue weighted by molar-refractivity contribution is 6.33. The minimum absolute atomic E-state index is 0.0789. The second kappa shape index (κ2) is 5.76. The fraction of sp³-hybridized carbons (Fsp3) is 0. The Hall–Kier alpha value is -2.67. The number of carbonyl (C=O) groups is 1. The molecule has 21 heavy (non-hydrogen) atoms. The van der Waals surface area contributed by atoms with Crippen molar-refractivity contribution in [2.45, 2.75) is 0 Å². The van der Waals surface area contributed by atoms with Gasteiger partial charge in [0.1, 0.15) is 11.6 Å². The number of nitro benzene ring substituents is 1. The SMILES string of the molecule is O=C(O)c1ccc(Oc2ccc(F)cc2[N+](=O)[O-])cc1Cl. The zero-order chi connectivity index (χ0) is 15.6. The first-order chi connectivity index (χ1) is 9.88. The molecule has 0 amide bonds. The monoisotopic (exact) mass is 311 g/mol. The van der Waals surface area contributed by atoms with Crippen molar-refractivity contribution in [3.8, 4) is 11.5 Å². The molecule has 0 spiro atoms. The molecule has 0 radical (unpaired) electrons. The van der Waals surface area contributed by atoms with Crippen molar-refractivity contribution in [3.05, 3.63) is 62.9 Å². The molecule has 0 bridgehead atoms. The number of nitrogens with zero attached hydrogens (tertiary/aromatic N) is 1. The first-order valence-corrected chi connectivity index (χ1v) is 5.91. The van der Waals surface area contributed by atoms with Gasteiger partial charge in [0.15, 0.2) is 0 Å². The van der Waals surface area contributed by atoms with E-state index in [1.54, 1.807) is 0 Å². The molecule has 0 fully saturated rings. The smallest absolute Gasteiger partial charge is 0.337 e. The summed E-state index contributed by atoms with van der Waals surface area (Å²) in [7, 11) is 0. The van der Waals surface area contributed by atoms with Gasteiger partial charge in [-0.1, -0.05) is 11.6 Å². The highest BCUT2D eigenvalue weighted by atomic mass is 35.5. The molecular weight excluding hydrogens is 305 g/mol. The topological polar surface area (TPSA) is 89.7 Å². The molecule has 0 heterocycles. The Kier molecular flexibility index (Phi) is 4.04. The second-order valence-corrected chi connectivity index (χ2v) is 4.33. The third kappa shape index (κ3) is 3.26. The van der Waals surface area contributed by atoms with Crippen molar-refractivity contribution in [1.82, 2.24) is 0 Å². The van der Waals surface area contributed by atoms with Crippen molar-refractivity contribution < 1.29 is 24.0 Å². The maximum absolute atomic E-state index is 13.0. The lowest BCUT2D eigenvalue weighted by atomic mass is 10.2. The van der Waals surface area contributed by atoms with E-state index in [9.17, 15) is 19.3 Å². The van der Waals surface area contributed by atoms with E-state index in [0.29, 0.717) is 0 Å². The van der Waals surface area contributed by atoms with Gasteiger partial charge in [-0.3, -0.25) is 10.1 Å². The van der Waals surface area contributed by atoms with Gasteiger partial charge in [-0.25, -0.2) is 9.18 Å². The van der Waals surface area contributed by atoms with Crippen molar-refractivity contribution in [1.29, 1.82) is 0 Å². The molecule has 2 rings (SSSR count). The van der Waals surface area contributed by atoms with Crippen molar-refractivity contribution in [2.24, 2.45) is 0 Å². The Morgan fingerprint density at radius 3 is 2.57 bits per heavy atom. The predicted molar refractivity (Wildman–Crippen MR) is 71.5 cm³/mol. The number of hydrogen-bond acceptors (Lipinski definition) is 4. The lowest BCUT2D eigenvalue weighted by molar-refractivity contribution is -0.385. The number of carboxylic acid groups (broad SMARTS) is 1. The molecule has 0 aliphatic rings. The van der Waals surface area contributed by atoms with Crippen LogP contribution in [0.5, 0.6) is 11.5 Å². The van der Waals surface area contributed by atoms with Crippen molar-refractivity contribution in [2.75, 3.05) is 0 Å². The third-order valence-corrected chi connectivity index (χ3v) is 2.83. The van der Waals surface area contributed by atoms with Crippen LogP contribution >= 0.6 is 11.6 Å². The molecule has 0 saturated carbocycles. The van der Waals surface area contributed by atoms with E-state index < -0.39 is 22.4 Å². The average Bonchev–Trinajstić information content (AvgIpc) is 2.40. The van der Waals surface area contributed by atoms with Crippen LogP contribution in [0.15, 0.2) is 36.4 Å². The van der Waals surface area contributed by atoms with Gasteiger partial charge in [-0.15, -0.1) is 0 Å². The highest BCUT2D eigenvalue weighted by Crippen LogP contribution is 2.33. The summed E-state index contributed by atoms with van der Waals surface area (Å²) in [6.07, 6.45) is 0. The standard InChI is InChI=1S/C13H7ClFNO5/c14-10-6-8(2-3-9(10)13(17)18)21-12-4-1-7(15)5-11(12)16(19)20/h1-6H,(H,17,18). The predicted octanol–water partition coefficient (Wildman–Crippen LogP) is 3.88. The van der Waals surface area contributed by atoms with Gasteiger partial charge in [0.2, 0.25) is 5.75 Å². The molecule has 8 heteroatoms. The van der Waals surface area contributed by atoms with Gasteiger partial charge in [0.25, 0.3) is 0 Å². The molecule has 0 unspecified atom stereocenters. The third-order valence-electron chi connectivity index (χ3n) is 2.52. The summed E-state index contributed by atoms with van der Waals surface area (Å²) in [5, 5.41) is 19.6. The zero-order valence-corrected chi connectivity index (χ0v) is 11.0. The number of aromatic carboxylic acids is 1. The Balaban J connectivity index is 2.37. The van der Waals surface area contributed by atoms with Crippen LogP contribution in [0.25, 0.3) is 0 Å². The number of ether oxygens (including phenoxy) is 1. The Morgan fingerprint density at radius 2 is 2.00 bits per heavy atom. The fourth-order valence-corrected chi connectivity index (χ4v) is 1.83. The van der Waals surface area contributed by atoms with Gasteiger partial charge >= 0.3 is 11.7 Å². The summed E-state index contributed by atoms with van der Waals surface area (Å²) in [4.78, 5) is 20.9. The number of hydrogen-bond donors (Lipinski definition) is 1. The largest absolute Gasteiger partial charge is 0.478 e. The Bertz CT molecular complexity index is 734. The number of nitro groups is 1. The van der Waals surface area contributed by atoms with Crippen LogP contribution < -0.4 is 4.74 Å². The lowest BCUT2D eigenvalue weighted by Gasteiger charge is -2.07. The van der Waals surface area contributed by atoms with Crippen LogP contribution in [-0.4, -0.2) is 16.0 Å². The summed E-state index contributed by atoms with van der Waals surface area (Å²) < 4.78 is 18.3. The van der Waals surface area contributed by atoms with E-state index in [-0.39, 0.29) is 22.1 Å². The zero-order valence-electron chi connectivity index (χ0n) is 10.2. The Labute approximate surface area is 122 Å². The molecule has 2 aromatic carbocycles. The molecular formula is C13H7ClFNO5. The minimum Gasteiger partial charge on any atom is -0.478 e. The quantitative estimate of drug-likeness (QED) is 0.683. The number of halogens is 2. The summed E-state index contributed by atoms with van der Waals surface area (Å²) in [6, 6.07) is 6.54. The van der Waals surface area contributed by atoms with Gasteiger partial charge in [0.05, 0.1) is 21.6 Å². The van der Waals surface area contributed by atoms with Crippen molar-refractivity contribution in [3.63, 3.8) is 0 Å². The van der Waals surface area contributed by atoms with E-state index in [1.807, 2.05) is 0 Å². The molecule has 6 nitrogen and oxygen atoms in total. The number of rotatable bonds is 4. The summed E-state index contributed by atoms with van der Waals surface area (Å²) >= 11 is 5.76. The molecule has 0 aromatic heterocycles. The van der Waals surface area contributed by atoms with Crippen LogP contribution in [0.3, 0.4) is 0 Å². The highest BCUT2D eigenvalue weighted by Gasteiger charge is 2.18. The molecule has 0 saturated heterocycles. The maximum atomic E-state index is 13.0. The summed E-state index contributed by atoms with van der Waals surface area (Å²) in [5.41, 5.74) is -0.675. The van der Waals surface area contributed by atoms with Gasteiger partial charge in [-0.2, -0.15) is 0 Å². The van der Waals surface area contributed by atoms with Crippen LogP contribution in [0.4, 0.5) is 10.1 Å². The lowest BCUT2D eigenvalue weighted by Crippen LogP contribution is -1.98. The van der Waals surface area contributed by atoms with Gasteiger partial charge in [-0.05, 0) is 24.3 Å². The molecule has 0 atom stereocenters. The van der Waals surface area contributed by atoms with Crippen LogP contribution in [-0.2, 0) is 0 Å². The van der Waals surface area contributed by atoms with Gasteiger partial charge < -0.3 is 9.84 Å². The Morgan fingerprint density at radius 1 is 1.29 bits per heavy atom. The van der Waals surface area contributed by atoms with E-state index in [4.69, 9.17) is 21.4 Å². The van der Waals surface area contributed by atoms with E-state index in [1.165, 1.54) is 18.2 Å². The average molecular weight is 312 g/mol. The summed E-state index contributed by atoms with van der Waals surface area (Å²) in [6.45, 7) is 0. The van der Waals surface area contributed by atoms with E-state index in [2.05, 4.69) is 0 Å². The number of carboxylic acids is 1. The molecule has 1 N–H and O–H groups in total. The van der Waals surface area contributed by atoms with Gasteiger partial charge in [0, 0.05) is 6.07 Å². The maximum Gasteiger partial charge on any atom is 0.337 e. The molecule has 108 valence electrons. The van der Waals surface area contributed by atoms with E-state index >= 15 is 0 Å². The molecule has 0 aliphatic heterocycles.